The van der Waals surface area contributed by atoms with Crippen LogP contribution in [0.25, 0.3) is 0 Å². The molecule has 15 saturated heterocycles. The fraction of sp³-hybridized carbons (Fsp3) is 0.917. The summed E-state index contributed by atoms with van der Waals surface area (Å²) >= 11 is 0. The van der Waals surface area contributed by atoms with Gasteiger partial charge in [0.15, 0.2) is 17.4 Å². The van der Waals surface area contributed by atoms with Crippen LogP contribution in [0.1, 0.15) is 136 Å². The van der Waals surface area contributed by atoms with Crippen LogP contribution in [0.3, 0.4) is 0 Å². The molecule has 2 spiro atoms. The SMILES string of the molecule is C=C1CC2CC[C@]34OC(CO)C5OC6CCC(CC(=O)OC7C[C@@H]8O[C@@H]9C[C@]%10(CC%11O[C@@]%12(CCC%11O%10)C[C@H](C)C%10OC%11CC(C(O)CO)OC%11CC%10O%12)O[C@@H]9C[C@@H]8O[C@H]7CC7O[C@@H](CCC1O2)C[C@@H](C)C7=C)O[C@@H]6C(O3)C5OCC4O. The third kappa shape index (κ3) is 10.1. The van der Waals surface area contributed by atoms with Crippen LogP contribution in [0.5, 0.6) is 0 Å². The minimum Gasteiger partial charge on any atom is -0.459 e. The number of esters is 1. The molecule has 4 N–H and O–H groups in total. The highest BCUT2D eigenvalue weighted by atomic mass is 16.8. The Morgan fingerprint density at radius 2 is 1.25 bits per heavy atom. The number of carbonyl (C=O) groups is 1. The number of carbonyl (C=O) groups excluding carboxylic acids is 1. The number of hydrogen-bond donors (Lipinski definition) is 4. The van der Waals surface area contributed by atoms with Crippen LogP contribution in [0.4, 0.5) is 0 Å². The molecule has 0 amide bonds. The van der Waals surface area contributed by atoms with Gasteiger partial charge in [0.05, 0.1) is 136 Å². The number of aliphatic hydroxyl groups is 4. The highest BCUT2D eigenvalue weighted by Crippen LogP contribution is 2.55. The van der Waals surface area contributed by atoms with E-state index < -0.39 is 96.6 Å². The van der Waals surface area contributed by atoms with Gasteiger partial charge in [0.25, 0.3) is 0 Å². The molecule has 15 aliphatic rings. The number of aliphatic hydroxyl groups excluding tert-OH is 4. The van der Waals surface area contributed by atoms with E-state index in [1.165, 1.54) is 0 Å². The number of fused-ring (bicyclic) bond motifs is 11. The molecule has 0 radical (unpaired) electrons. The Balaban J connectivity index is 0.646. The zero-order valence-electron chi connectivity index (χ0n) is 46.9. The van der Waals surface area contributed by atoms with Crippen LogP contribution >= 0.6 is 0 Å². The molecule has 21 heteroatoms. The molecule has 0 aliphatic carbocycles. The van der Waals surface area contributed by atoms with Crippen molar-refractivity contribution in [3.05, 3.63) is 24.3 Å². The lowest BCUT2D eigenvalue weighted by molar-refractivity contribution is -0.362. The summed E-state index contributed by atoms with van der Waals surface area (Å²) in [6, 6.07) is 0. The second-order valence-electron chi connectivity index (χ2n) is 27.2. The Morgan fingerprint density at radius 3 is 2.10 bits per heavy atom. The van der Waals surface area contributed by atoms with Crippen molar-refractivity contribution in [3.8, 4) is 0 Å². The summed E-state index contributed by atoms with van der Waals surface area (Å²) in [7, 11) is 0. The maximum absolute atomic E-state index is 14.5. The maximum atomic E-state index is 14.5. The molecular formula is C60H86O21. The summed E-state index contributed by atoms with van der Waals surface area (Å²) < 4.78 is 109. The summed E-state index contributed by atoms with van der Waals surface area (Å²) in [5.41, 5.74) is 2.02. The molecule has 19 unspecified atom stereocenters. The Morgan fingerprint density at radius 1 is 0.543 bits per heavy atom. The van der Waals surface area contributed by atoms with Gasteiger partial charge in [-0.2, -0.15) is 0 Å². The van der Waals surface area contributed by atoms with E-state index >= 15 is 0 Å². The van der Waals surface area contributed by atoms with Gasteiger partial charge in [0, 0.05) is 64.2 Å². The van der Waals surface area contributed by atoms with Crippen molar-refractivity contribution in [1.82, 2.24) is 0 Å². The first-order chi connectivity index (χ1) is 39.1. The molecular weight excluding hydrogens is 1060 g/mol. The molecule has 15 rings (SSSR count). The lowest BCUT2D eigenvalue weighted by Gasteiger charge is -2.53. The number of rotatable bonds is 3. The van der Waals surface area contributed by atoms with Crippen molar-refractivity contribution in [3.63, 3.8) is 0 Å². The summed E-state index contributed by atoms with van der Waals surface area (Å²) in [4.78, 5) is 14.5. The monoisotopic (exact) mass is 1140 g/mol. The van der Waals surface area contributed by atoms with Crippen LogP contribution in [0.2, 0.25) is 0 Å². The average Bonchev–Trinajstić information content (AvgIpc) is 3.93. The van der Waals surface area contributed by atoms with Gasteiger partial charge in [0.2, 0.25) is 0 Å². The molecule has 452 valence electrons. The van der Waals surface area contributed by atoms with E-state index in [0.29, 0.717) is 83.5 Å². The minimum atomic E-state index is -1.53. The van der Waals surface area contributed by atoms with Gasteiger partial charge < -0.3 is 96.2 Å². The van der Waals surface area contributed by atoms with E-state index in [1.807, 2.05) is 0 Å². The summed E-state index contributed by atoms with van der Waals surface area (Å²) in [5, 5.41) is 42.4. The van der Waals surface area contributed by atoms with E-state index in [1.54, 1.807) is 0 Å². The molecule has 0 aromatic rings. The third-order valence-corrected chi connectivity index (χ3v) is 21.8. The smallest absolute Gasteiger partial charge is 0.308 e. The predicted molar refractivity (Wildman–Crippen MR) is 277 cm³/mol. The van der Waals surface area contributed by atoms with Gasteiger partial charge in [-0.05, 0) is 74.3 Å². The fourth-order valence-electron chi connectivity index (χ4n) is 17.7. The summed E-state index contributed by atoms with van der Waals surface area (Å²) in [6.45, 7) is 12.7. The van der Waals surface area contributed by atoms with Crippen LogP contribution in [0, 0.1) is 11.8 Å². The molecule has 15 fully saturated rings. The van der Waals surface area contributed by atoms with Crippen LogP contribution < -0.4 is 0 Å². The van der Waals surface area contributed by atoms with E-state index in [2.05, 4.69) is 27.0 Å². The van der Waals surface area contributed by atoms with Crippen molar-refractivity contribution in [2.24, 2.45) is 11.8 Å². The van der Waals surface area contributed by atoms with Crippen LogP contribution in [0.15, 0.2) is 24.3 Å². The van der Waals surface area contributed by atoms with Crippen LogP contribution in [-0.4, -0.2) is 222 Å². The first-order valence-corrected chi connectivity index (χ1v) is 31.2. The molecule has 15 aliphatic heterocycles. The second kappa shape index (κ2) is 21.5. The average molecular weight is 1140 g/mol. The lowest BCUT2D eigenvalue weighted by Crippen LogP contribution is -2.63. The van der Waals surface area contributed by atoms with Crippen molar-refractivity contribution in [2.45, 2.75) is 312 Å². The summed E-state index contributed by atoms with van der Waals surface area (Å²) in [6.07, 6.45) is -0.808. The van der Waals surface area contributed by atoms with Gasteiger partial charge in [0.1, 0.15) is 48.8 Å². The number of ether oxygens (including phenoxy) is 16. The van der Waals surface area contributed by atoms with Crippen molar-refractivity contribution in [1.29, 1.82) is 0 Å². The van der Waals surface area contributed by atoms with Crippen molar-refractivity contribution in [2.75, 3.05) is 19.8 Å². The molecule has 0 aromatic heterocycles. The predicted octanol–water partition coefficient (Wildman–Crippen LogP) is 3.42. The van der Waals surface area contributed by atoms with Crippen molar-refractivity contribution < 1.29 is 101 Å². The second-order valence-corrected chi connectivity index (χ2v) is 27.2. The zero-order valence-corrected chi connectivity index (χ0v) is 46.9. The van der Waals surface area contributed by atoms with Crippen molar-refractivity contribution >= 4 is 5.97 Å². The minimum absolute atomic E-state index is 0.0161. The lowest BCUT2D eigenvalue weighted by atomic mass is 9.80. The largest absolute Gasteiger partial charge is 0.459 e. The standard InChI is InChI=1S/C60H86O21/c1-27-13-31-5-7-35-28(2)14-33(67-35)9-12-60-51(64)26-66-56-55(50(25-62)80-60)74-37-8-6-32(69-54(37)57(56)81-60)15-52(65)73-44-18-41-42(71-40(44)16-38(68-31)30(27)4)19-46-48(72-41)22-59(77-46)23-49-36(76-59)10-11-58(79-49)21-29(3)53-47(78-58)20-43-45(75-53)17-39(70-43)34(63)24-61/h27,29,31-51,53-57,61-64H,2,4-26H2,1,3H3/t27-,29+,31+,32?,33?,34?,35?,36?,37?,38?,39?,40+,41+,42+,43?,44?,45?,46-,47?,48-,49?,50?,51?,53?,54+,55?,56?,57?,58+,59-,60+/m1/s1. The molecule has 0 saturated carbocycles. The van der Waals surface area contributed by atoms with Gasteiger partial charge in [-0.3, -0.25) is 4.79 Å². The van der Waals surface area contributed by atoms with Gasteiger partial charge in [-0.1, -0.05) is 27.0 Å². The van der Waals surface area contributed by atoms with Crippen LogP contribution in [-0.2, 0) is 80.6 Å². The molecule has 10 bridgehead atoms. The van der Waals surface area contributed by atoms with Gasteiger partial charge in [-0.25, -0.2) is 0 Å². The topological polar surface area (TPSA) is 246 Å². The first kappa shape index (κ1) is 55.7. The molecule has 15 heterocycles. The quantitative estimate of drug-likeness (QED) is 0.234. The van der Waals surface area contributed by atoms with Gasteiger partial charge >= 0.3 is 5.97 Å². The molecule has 81 heavy (non-hydrogen) atoms. The maximum Gasteiger partial charge on any atom is 0.308 e. The Hall–Kier alpha value is -1.81. The molecule has 31 atom stereocenters. The van der Waals surface area contributed by atoms with E-state index in [0.717, 1.165) is 36.8 Å². The first-order valence-electron chi connectivity index (χ1n) is 31.2. The Bertz CT molecular complexity index is 2360. The zero-order chi connectivity index (χ0) is 55.3. The van der Waals surface area contributed by atoms with Gasteiger partial charge in [-0.15, -0.1) is 0 Å². The number of hydrogen-bond acceptors (Lipinski definition) is 21. The fourth-order valence-corrected chi connectivity index (χ4v) is 17.7. The molecule has 0 aromatic carbocycles. The third-order valence-electron chi connectivity index (χ3n) is 21.8. The van der Waals surface area contributed by atoms with E-state index in [-0.39, 0.29) is 130 Å². The highest BCUT2D eigenvalue weighted by molar-refractivity contribution is 5.70. The van der Waals surface area contributed by atoms with E-state index in [4.69, 9.17) is 75.8 Å². The Labute approximate surface area is 473 Å². The normalized spacial score (nSPS) is 56.3. The Kier molecular flexibility index (Phi) is 14.8. The molecule has 21 nitrogen and oxygen atoms in total. The highest BCUT2D eigenvalue weighted by Gasteiger charge is 2.66. The van der Waals surface area contributed by atoms with E-state index in [9.17, 15) is 25.2 Å². The summed E-state index contributed by atoms with van der Waals surface area (Å²) in [5.74, 6) is -3.30.